The number of allylic oxidation sites excluding steroid dienone is 2. The molecule has 20 heavy (non-hydrogen) atoms. The Morgan fingerprint density at radius 1 is 0.900 bits per heavy atom. The van der Waals surface area contributed by atoms with Gasteiger partial charge in [-0.1, -0.05) is 38.0 Å². The average Bonchev–Trinajstić information content (AvgIpc) is 2.49. The van der Waals surface area contributed by atoms with Gasteiger partial charge in [0.25, 0.3) is 0 Å². The molecule has 0 radical (unpaired) electrons. The van der Waals surface area contributed by atoms with Crippen molar-refractivity contribution >= 4 is 5.57 Å². The Morgan fingerprint density at radius 3 is 2.20 bits per heavy atom. The lowest BCUT2D eigenvalue weighted by Crippen LogP contribution is -2.22. The molecule has 1 heteroatoms. The Morgan fingerprint density at radius 2 is 1.60 bits per heavy atom. The molecule has 1 aromatic rings. The van der Waals surface area contributed by atoms with E-state index in [2.05, 4.69) is 13.0 Å². The lowest BCUT2D eigenvalue weighted by Gasteiger charge is -2.34. The van der Waals surface area contributed by atoms with Crippen molar-refractivity contribution in [3.63, 3.8) is 0 Å². The summed E-state index contributed by atoms with van der Waals surface area (Å²) in [5, 5.41) is 0. The van der Waals surface area contributed by atoms with Crippen LogP contribution in [-0.2, 0) is 0 Å². The van der Waals surface area contributed by atoms with Crippen LogP contribution in [0.5, 0.6) is 0 Å². The predicted octanol–water partition coefficient (Wildman–Crippen LogP) is 5.84. The van der Waals surface area contributed by atoms with E-state index < -0.39 is 0 Å². The fourth-order valence-corrected chi connectivity index (χ4v) is 3.97. The van der Waals surface area contributed by atoms with Gasteiger partial charge in [-0.05, 0) is 73.1 Å². The molecule has 1 saturated carbocycles. The molecule has 3 rings (SSSR count). The second kappa shape index (κ2) is 6.11. The molecule has 0 heterocycles. The normalized spacial score (nSPS) is 30.9. The first kappa shape index (κ1) is 13.9. The Bertz CT molecular complexity index is 463. The van der Waals surface area contributed by atoms with Gasteiger partial charge in [0.05, 0.1) is 0 Å². The van der Waals surface area contributed by atoms with E-state index in [1.165, 1.54) is 56.1 Å². The highest BCUT2D eigenvalue weighted by molar-refractivity contribution is 5.66. The van der Waals surface area contributed by atoms with Crippen LogP contribution >= 0.6 is 0 Å². The zero-order valence-electron chi connectivity index (χ0n) is 12.4. The number of hydrogen-bond acceptors (Lipinski definition) is 0. The van der Waals surface area contributed by atoms with Gasteiger partial charge in [0.1, 0.15) is 5.82 Å². The van der Waals surface area contributed by atoms with Crippen LogP contribution < -0.4 is 0 Å². The van der Waals surface area contributed by atoms with E-state index in [0.717, 1.165) is 17.8 Å². The molecule has 0 spiro atoms. The van der Waals surface area contributed by atoms with Crippen molar-refractivity contribution in [3.05, 3.63) is 41.7 Å². The minimum Gasteiger partial charge on any atom is -0.207 e. The van der Waals surface area contributed by atoms with Gasteiger partial charge in [0.2, 0.25) is 0 Å². The lowest BCUT2D eigenvalue weighted by atomic mass is 9.71. The van der Waals surface area contributed by atoms with Crippen LogP contribution in [0.1, 0.15) is 57.4 Å². The van der Waals surface area contributed by atoms with E-state index in [-0.39, 0.29) is 5.82 Å². The van der Waals surface area contributed by atoms with E-state index in [0.29, 0.717) is 0 Å². The SMILES string of the molecule is CC1CCC(C2CC=C(c3ccc(F)cc3)CC2)CC1. The van der Waals surface area contributed by atoms with Crippen molar-refractivity contribution in [2.45, 2.75) is 51.9 Å². The highest BCUT2D eigenvalue weighted by atomic mass is 19.1. The second-order valence-corrected chi connectivity index (χ2v) is 6.79. The molecule has 1 fully saturated rings. The van der Waals surface area contributed by atoms with Crippen molar-refractivity contribution in [1.82, 2.24) is 0 Å². The number of hydrogen-bond donors (Lipinski definition) is 0. The number of benzene rings is 1. The van der Waals surface area contributed by atoms with Gasteiger partial charge in [-0.2, -0.15) is 0 Å². The number of halogens is 1. The average molecular weight is 272 g/mol. The molecule has 108 valence electrons. The highest BCUT2D eigenvalue weighted by Crippen LogP contribution is 2.40. The van der Waals surface area contributed by atoms with E-state index in [1.807, 2.05) is 12.1 Å². The van der Waals surface area contributed by atoms with Gasteiger partial charge < -0.3 is 0 Å². The van der Waals surface area contributed by atoms with Crippen LogP contribution in [0.4, 0.5) is 4.39 Å². The van der Waals surface area contributed by atoms with Gasteiger partial charge in [-0.25, -0.2) is 4.39 Å². The molecule has 1 atom stereocenters. The van der Waals surface area contributed by atoms with Crippen molar-refractivity contribution in [1.29, 1.82) is 0 Å². The molecule has 0 aromatic heterocycles. The molecule has 0 nitrogen and oxygen atoms in total. The van der Waals surface area contributed by atoms with Crippen LogP contribution in [0.3, 0.4) is 0 Å². The summed E-state index contributed by atoms with van der Waals surface area (Å²) in [5.74, 6) is 2.66. The van der Waals surface area contributed by atoms with Gasteiger partial charge in [-0.3, -0.25) is 0 Å². The third-order valence-electron chi connectivity index (χ3n) is 5.39. The summed E-state index contributed by atoms with van der Waals surface area (Å²) in [6.07, 6.45) is 11.9. The summed E-state index contributed by atoms with van der Waals surface area (Å²) in [4.78, 5) is 0. The minimum atomic E-state index is -0.139. The van der Waals surface area contributed by atoms with E-state index in [4.69, 9.17) is 0 Å². The fraction of sp³-hybridized carbons (Fsp3) is 0.579. The first-order valence-corrected chi connectivity index (χ1v) is 8.17. The second-order valence-electron chi connectivity index (χ2n) is 6.79. The minimum absolute atomic E-state index is 0.139. The molecule has 0 N–H and O–H groups in total. The Kier molecular flexibility index (Phi) is 4.24. The molecule has 0 aliphatic heterocycles. The smallest absolute Gasteiger partial charge is 0.123 e. The third kappa shape index (κ3) is 3.13. The monoisotopic (exact) mass is 272 g/mol. The Hall–Kier alpha value is -1.11. The van der Waals surface area contributed by atoms with E-state index in [9.17, 15) is 4.39 Å². The molecule has 0 bridgehead atoms. The fourth-order valence-electron chi connectivity index (χ4n) is 3.97. The molecular formula is C19H25F. The van der Waals surface area contributed by atoms with E-state index >= 15 is 0 Å². The highest BCUT2D eigenvalue weighted by Gasteiger charge is 2.27. The van der Waals surface area contributed by atoms with Crippen molar-refractivity contribution in [2.24, 2.45) is 17.8 Å². The van der Waals surface area contributed by atoms with Crippen molar-refractivity contribution < 1.29 is 4.39 Å². The zero-order chi connectivity index (χ0) is 13.9. The molecule has 0 saturated heterocycles. The molecule has 2 aliphatic rings. The van der Waals surface area contributed by atoms with Gasteiger partial charge in [0, 0.05) is 0 Å². The maximum Gasteiger partial charge on any atom is 0.123 e. The van der Waals surface area contributed by atoms with E-state index in [1.54, 1.807) is 12.1 Å². The zero-order valence-corrected chi connectivity index (χ0v) is 12.4. The Labute approximate surface area is 122 Å². The maximum absolute atomic E-state index is 13.0. The van der Waals surface area contributed by atoms with Crippen LogP contribution in [0.25, 0.3) is 5.57 Å². The van der Waals surface area contributed by atoms with Crippen LogP contribution in [-0.4, -0.2) is 0 Å². The summed E-state index contributed by atoms with van der Waals surface area (Å²) < 4.78 is 13.0. The summed E-state index contributed by atoms with van der Waals surface area (Å²) in [7, 11) is 0. The standard InChI is InChI=1S/C19H25F/c1-14-2-4-15(5-3-14)16-6-8-17(9-7-16)18-10-12-19(20)13-11-18/h8,10-16H,2-7,9H2,1H3. The summed E-state index contributed by atoms with van der Waals surface area (Å²) in [5.41, 5.74) is 2.63. The molecule has 1 aromatic carbocycles. The lowest BCUT2D eigenvalue weighted by molar-refractivity contribution is 0.202. The summed E-state index contributed by atoms with van der Waals surface area (Å²) in [6.45, 7) is 2.39. The number of rotatable bonds is 2. The summed E-state index contributed by atoms with van der Waals surface area (Å²) >= 11 is 0. The third-order valence-corrected chi connectivity index (χ3v) is 5.39. The van der Waals surface area contributed by atoms with Crippen LogP contribution in [0.2, 0.25) is 0 Å². The molecule has 2 aliphatic carbocycles. The molecule has 1 unspecified atom stereocenters. The van der Waals surface area contributed by atoms with Crippen molar-refractivity contribution in [2.75, 3.05) is 0 Å². The first-order valence-electron chi connectivity index (χ1n) is 8.17. The van der Waals surface area contributed by atoms with Crippen LogP contribution in [0.15, 0.2) is 30.3 Å². The van der Waals surface area contributed by atoms with Crippen LogP contribution in [0, 0.1) is 23.6 Å². The van der Waals surface area contributed by atoms with Crippen molar-refractivity contribution in [3.8, 4) is 0 Å². The van der Waals surface area contributed by atoms with Gasteiger partial charge in [0.15, 0.2) is 0 Å². The first-order chi connectivity index (χ1) is 9.72. The van der Waals surface area contributed by atoms with Gasteiger partial charge >= 0.3 is 0 Å². The Balaban J connectivity index is 1.61. The molecular weight excluding hydrogens is 247 g/mol. The maximum atomic E-state index is 13.0. The quantitative estimate of drug-likeness (QED) is 0.635. The topological polar surface area (TPSA) is 0 Å². The largest absolute Gasteiger partial charge is 0.207 e. The summed E-state index contributed by atoms with van der Waals surface area (Å²) in [6, 6.07) is 6.99. The van der Waals surface area contributed by atoms with Gasteiger partial charge in [-0.15, -0.1) is 0 Å². The predicted molar refractivity (Wildman–Crippen MR) is 82.8 cm³/mol. The molecule has 0 amide bonds.